The van der Waals surface area contributed by atoms with Crippen LogP contribution < -0.4 is 20.1 Å². The molecule has 7 heteroatoms. The Bertz CT molecular complexity index is 1120. The molecular weight excluding hydrogens is 416 g/mol. The Morgan fingerprint density at radius 3 is 2.58 bits per heavy atom. The summed E-state index contributed by atoms with van der Waals surface area (Å²) < 4.78 is 11.1. The summed E-state index contributed by atoms with van der Waals surface area (Å²) in [5.74, 6) is 0.895. The molecule has 0 aromatic heterocycles. The molecule has 1 heterocycles. The first-order valence-electron chi connectivity index (χ1n) is 10.2. The van der Waals surface area contributed by atoms with Gasteiger partial charge in [-0.1, -0.05) is 41.9 Å². The summed E-state index contributed by atoms with van der Waals surface area (Å²) in [4.78, 5) is 24.4. The van der Waals surface area contributed by atoms with E-state index in [9.17, 15) is 9.59 Å². The molecule has 6 nitrogen and oxygen atoms in total. The quantitative estimate of drug-likeness (QED) is 0.589. The molecular formula is C24H23ClN2O4. The maximum atomic E-state index is 12.3. The van der Waals surface area contributed by atoms with Crippen molar-refractivity contribution in [1.29, 1.82) is 0 Å². The number of halogens is 1. The van der Waals surface area contributed by atoms with Crippen molar-refractivity contribution in [2.45, 2.75) is 12.8 Å². The highest BCUT2D eigenvalue weighted by atomic mass is 35.5. The van der Waals surface area contributed by atoms with Crippen LogP contribution in [0.25, 0.3) is 10.8 Å². The van der Waals surface area contributed by atoms with Gasteiger partial charge in [0.1, 0.15) is 13.2 Å². The zero-order valence-corrected chi connectivity index (χ0v) is 17.7. The Balaban J connectivity index is 1.20. The number of hydrogen-bond acceptors (Lipinski definition) is 4. The second kappa shape index (κ2) is 9.71. The minimum Gasteiger partial charge on any atom is -0.486 e. The second-order valence-corrected chi connectivity index (χ2v) is 7.68. The summed E-state index contributed by atoms with van der Waals surface area (Å²) in [7, 11) is 0. The third-order valence-corrected chi connectivity index (χ3v) is 5.32. The molecule has 0 fully saturated rings. The first-order chi connectivity index (χ1) is 15.1. The van der Waals surface area contributed by atoms with Gasteiger partial charge in [0, 0.05) is 25.1 Å². The normalized spacial score (nSPS) is 12.4. The third-order valence-electron chi connectivity index (χ3n) is 5.04. The van der Waals surface area contributed by atoms with Gasteiger partial charge < -0.3 is 20.1 Å². The standard InChI is InChI=1S/C24H23ClN2O4/c25-20-13-16(14-21-23(20)31-12-11-30-21)7-9-26-22(28)8-10-27-24(29)19-6-5-17-3-1-2-4-18(17)15-19/h1-6,13-15H,7-12H2,(H,26,28)(H,27,29). The summed E-state index contributed by atoms with van der Waals surface area (Å²) in [5, 5.41) is 8.26. The first kappa shape index (κ1) is 21.0. The molecule has 2 N–H and O–H groups in total. The van der Waals surface area contributed by atoms with Crippen molar-refractivity contribution in [3.05, 3.63) is 70.7 Å². The van der Waals surface area contributed by atoms with Crippen molar-refractivity contribution in [3.8, 4) is 11.5 Å². The smallest absolute Gasteiger partial charge is 0.251 e. The van der Waals surface area contributed by atoms with Crippen LogP contribution in [0.1, 0.15) is 22.3 Å². The fourth-order valence-electron chi connectivity index (χ4n) is 3.47. The molecule has 4 rings (SSSR count). The van der Waals surface area contributed by atoms with Gasteiger partial charge in [-0.05, 0) is 47.0 Å². The van der Waals surface area contributed by atoms with E-state index in [1.54, 1.807) is 6.07 Å². The van der Waals surface area contributed by atoms with Crippen molar-refractivity contribution < 1.29 is 19.1 Å². The molecule has 1 aliphatic rings. The van der Waals surface area contributed by atoms with Crippen LogP contribution in [-0.4, -0.2) is 38.1 Å². The van der Waals surface area contributed by atoms with E-state index in [4.69, 9.17) is 21.1 Å². The SMILES string of the molecule is O=C(CCNC(=O)c1ccc2ccccc2c1)NCCc1cc(Cl)c2c(c1)OCCO2. The number of benzene rings is 3. The number of rotatable bonds is 7. The first-order valence-corrected chi connectivity index (χ1v) is 10.6. The van der Waals surface area contributed by atoms with E-state index in [0.717, 1.165) is 16.3 Å². The minimum atomic E-state index is -0.190. The molecule has 0 unspecified atom stereocenters. The summed E-state index contributed by atoms with van der Waals surface area (Å²) >= 11 is 6.24. The molecule has 0 aliphatic carbocycles. The summed E-state index contributed by atoms with van der Waals surface area (Å²) in [6, 6.07) is 17.1. The molecule has 2 amide bonds. The second-order valence-electron chi connectivity index (χ2n) is 7.27. The Hall–Kier alpha value is -3.25. The van der Waals surface area contributed by atoms with Crippen molar-refractivity contribution in [2.75, 3.05) is 26.3 Å². The Kier molecular flexibility index (Phi) is 6.57. The van der Waals surface area contributed by atoms with Gasteiger partial charge >= 0.3 is 0 Å². The van der Waals surface area contributed by atoms with Gasteiger partial charge in [0.05, 0.1) is 5.02 Å². The number of amides is 2. The molecule has 1 aliphatic heterocycles. The number of carbonyl (C=O) groups is 2. The van der Waals surface area contributed by atoms with E-state index in [0.29, 0.717) is 48.3 Å². The van der Waals surface area contributed by atoms with E-state index in [2.05, 4.69) is 10.6 Å². The van der Waals surface area contributed by atoms with Gasteiger partial charge in [0.2, 0.25) is 5.91 Å². The van der Waals surface area contributed by atoms with Crippen LogP contribution in [0.5, 0.6) is 11.5 Å². The average Bonchev–Trinajstić information content (AvgIpc) is 2.79. The molecule has 0 saturated heterocycles. The van der Waals surface area contributed by atoms with Crippen molar-refractivity contribution in [1.82, 2.24) is 10.6 Å². The summed E-state index contributed by atoms with van der Waals surface area (Å²) in [6.07, 6.45) is 0.826. The Morgan fingerprint density at radius 1 is 0.903 bits per heavy atom. The topological polar surface area (TPSA) is 76.7 Å². The van der Waals surface area contributed by atoms with Crippen LogP contribution in [0.15, 0.2) is 54.6 Å². The van der Waals surface area contributed by atoms with Gasteiger partial charge in [-0.25, -0.2) is 0 Å². The van der Waals surface area contributed by atoms with Crippen LogP contribution in [0.4, 0.5) is 0 Å². The molecule has 3 aromatic rings. The molecule has 0 saturated carbocycles. The highest BCUT2D eigenvalue weighted by Gasteiger charge is 2.16. The van der Waals surface area contributed by atoms with Crippen LogP contribution in [-0.2, 0) is 11.2 Å². The predicted octanol–water partition coefficient (Wildman–Crippen LogP) is 3.74. The number of nitrogens with one attached hydrogen (secondary N) is 2. The molecule has 0 spiro atoms. The lowest BCUT2D eigenvalue weighted by Crippen LogP contribution is -2.31. The van der Waals surface area contributed by atoms with E-state index in [-0.39, 0.29) is 24.8 Å². The summed E-state index contributed by atoms with van der Waals surface area (Å²) in [5.41, 5.74) is 1.54. The van der Waals surface area contributed by atoms with E-state index in [1.807, 2.05) is 48.5 Å². The van der Waals surface area contributed by atoms with Crippen LogP contribution in [0.3, 0.4) is 0 Å². The van der Waals surface area contributed by atoms with Gasteiger partial charge in [-0.3, -0.25) is 9.59 Å². The number of fused-ring (bicyclic) bond motifs is 2. The van der Waals surface area contributed by atoms with Crippen molar-refractivity contribution in [2.24, 2.45) is 0 Å². The predicted molar refractivity (Wildman–Crippen MR) is 120 cm³/mol. The molecule has 3 aromatic carbocycles. The molecule has 31 heavy (non-hydrogen) atoms. The lowest BCUT2D eigenvalue weighted by molar-refractivity contribution is -0.120. The highest BCUT2D eigenvalue weighted by molar-refractivity contribution is 6.32. The molecule has 0 bridgehead atoms. The largest absolute Gasteiger partial charge is 0.486 e. The van der Waals surface area contributed by atoms with E-state index >= 15 is 0 Å². The van der Waals surface area contributed by atoms with E-state index in [1.165, 1.54) is 0 Å². The van der Waals surface area contributed by atoms with Gasteiger partial charge in [0.25, 0.3) is 5.91 Å². The van der Waals surface area contributed by atoms with Crippen molar-refractivity contribution >= 4 is 34.2 Å². The fraction of sp³-hybridized carbons (Fsp3) is 0.250. The summed E-state index contributed by atoms with van der Waals surface area (Å²) in [6.45, 7) is 1.72. The van der Waals surface area contributed by atoms with Crippen LogP contribution in [0.2, 0.25) is 5.02 Å². The van der Waals surface area contributed by atoms with Crippen molar-refractivity contribution in [3.63, 3.8) is 0 Å². The van der Waals surface area contributed by atoms with Crippen LogP contribution >= 0.6 is 11.6 Å². The third kappa shape index (κ3) is 5.27. The van der Waals surface area contributed by atoms with Gasteiger partial charge in [0.15, 0.2) is 11.5 Å². The molecule has 0 atom stereocenters. The lowest BCUT2D eigenvalue weighted by atomic mass is 10.1. The van der Waals surface area contributed by atoms with E-state index < -0.39 is 0 Å². The van der Waals surface area contributed by atoms with Gasteiger partial charge in [-0.15, -0.1) is 0 Å². The number of carbonyl (C=O) groups excluding carboxylic acids is 2. The maximum absolute atomic E-state index is 12.3. The zero-order chi connectivity index (χ0) is 21.6. The molecule has 0 radical (unpaired) electrons. The van der Waals surface area contributed by atoms with Gasteiger partial charge in [-0.2, -0.15) is 0 Å². The number of ether oxygens (including phenoxy) is 2. The minimum absolute atomic E-state index is 0.123. The zero-order valence-electron chi connectivity index (χ0n) is 16.9. The molecule has 160 valence electrons. The maximum Gasteiger partial charge on any atom is 0.251 e. The fourth-order valence-corrected chi connectivity index (χ4v) is 3.75. The average molecular weight is 439 g/mol. The number of hydrogen-bond donors (Lipinski definition) is 2. The monoisotopic (exact) mass is 438 g/mol. The lowest BCUT2D eigenvalue weighted by Gasteiger charge is -2.20. The van der Waals surface area contributed by atoms with Crippen LogP contribution in [0, 0.1) is 0 Å². The highest BCUT2D eigenvalue weighted by Crippen LogP contribution is 2.38. The Labute approximate surface area is 185 Å². The Morgan fingerprint density at radius 2 is 1.71 bits per heavy atom.